The van der Waals surface area contributed by atoms with E-state index in [4.69, 9.17) is 4.74 Å². The van der Waals surface area contributed by atoms with E-state index in [9.17, 15) is 25.2 Å². The number of benzene rings is 2. The Hall–Kier alpha value is -2.73. The van der Waals surface area contributed by atoms with Gasteiger partial charge in [0, 0.05) is 23.7 Å². The summed E-state index contributed by atoms with van der Waals surface area (Å²) in [6.45, 7) is -0.484. The van der Waals surface area contributed by atoms with Crippen molar-refractivity contribution in [2.45, 2.75) is 30.5 Å². The summed E-state index contributed by atoms with van der Waals surface area (Å²) in [5.41, 5.74) is 2.39. The van der Waals surface area contributed by atoms with E-state index >= 15 is 0 Å². The zero-order valence-corrected chi connectivity index (χ0v) is 15.8. The van der Waals surface area contributed by atoms with E-state index in [-0.39, 0.29) is 5.91 Å². The van der Waals surface area contributed by atoms with E-state index in [1.165, 1.54) is 0 Å². The normalized spacial score (nSPS) is 26.3. The number of nitrogens with one attached hydrogen (secondary N) is 1. The van der Waals surface area contributed by atoms with Gasteiger partial charge in [-0.25, -0.2) is 0 Å². The van der Waals surface area contributed by atoms with Crippen LogP contribution in [0, 0.1) is 11.8 Å². The molecule has 5 N–H and O–H groups in total. The number of rotatable bonds is 3. The Bertz CT molecular complexity index is 932. The zero-order valence-electron chi connectivity index (χ0n) is 15.8. The summed E-state index contributed by atoms with van der Waals surface area (Å²) in [5, 5.41) is 42.1. The first-order chi connectivity index (χ1) is 13.9. The highest BCUT2D eigenvalue weighted by Gasteiger charge is 2.43. The molecule has 5 atom stereocenters. The van der Waals surface area contributed by atoms with Crippen molar-refractivity contribution in [1.82, 2.24) is 5.32 Å². The lowest BCUT2D eigenvalue weighted by atomic mass is 9.91. The second kappa shape index (κ2) is 9.18. The smallest absolute Gasteiger partial charge is 0.251 e. The van der Waals surface area contributed by atoms with Gasteiger partial charge in [-0.2, -0.15) is 0 Å². The van der Waals surface area contributed by atoms with Crippen molar-refractivity contribution in [3.05, 3.63) is 70.8 Å². The molecule has 152 valence electrons. The largest absolute Gasteiger partial charge is 0.394 e. The molecule has 1 saturated heterocycles. The molecule has 2 aromatic rings. The van der Waals surface area contributed by atoms with Gasteiger partial charge in [-0.15, -0.1) is 0 Å². The fraction of sp³-hybridized carbons (Fsp3) is 0.318. The van der Waals surface area contributed by atoms with Crippen LogP contribution >= 0.6 is 0 Å². The number of amides is 1. The van der Waals surface area contributed by atoms with Crippen LogP contribution in [0.5, 0.6) is 0 Å². The number of hydrogen-bond acceptors (Lipinski definition) is 6. The molecular formula is C22H23NO6. The summed E-state index contributed by atoms with van der Waals surface area (Å²) >= 11 is 0. The van der Waals surface area contributed by atoms with Crippen molar-refractivity contribution >= 4 is 5.91 Å². The predicted octanol–water partition coefficient (Wildman–Crippen LogP) is -0.0391. The van der Waals surface area contributed by atoms with Crippen molar-refractivity contribution in [1.29, 1.82) is 0 Å². The molecule has 1 aliphatic rings. The predicted molar refractivity (Wildman–Crippen MR) is 105 cm³/mol. The molecule has 0 unspecified atom stereocenters. The Balaban J connectivity index is 1.84. The highest BCUT2D eigenvalue weighted by atomic mass is 16.5. The van der Waals surface area contributed by atoms with Crippen molar-refractivity contribution in [2.75, 3.05) is 13.7 Å². The van der Waals surface area contributed by atoms with Gasteiger partial charge >= 0.3 is 0 Å². The summed E-state index contributed by atoms with van der Waals surface area (Å²) in [6.07, 6.45) is -6.07. The molecule has 7 nitrogen and oxygen atoms in total. The Morgan fingerprint density at radius 2 is 1.66 bits per heavy atom. The molecule has 29 heavy (non-hydrogen) atoms. The highest BCUT2D eigenvalue weighted by Crippen LogP contribution is 2.32. The molecule has 1 heterocycles. The van der Waals surface area contributed by atoms with Gasteiger partial charge in [0.2, 0.25) is 0 Å². The third kappa shape index (κ3) is 4.65. The summed E-state index contributed by atoms with van der Waals surface area (Å²) in [5.74, 6) is 5.80. The molecule has 0 bridgehead atoms. The van der Waals surface area contributed by atoms with E-state index in [1.54, 1.807) is 55.6 Å². The standard InChI is InChI=1S/C22H23NO6/c1-23-22(28)16-7-3-5-14(11-16)9-8-13-4-2-6-15(10-13)21-20(27)19(26)18(25)17(12-24)29-21/h2-7,10-11,17-21,24-27H,12H2,1H3,(H,23,28)/t17-,18-,19+,20-,21-/m1/s1. The van der Waals surface area contributed by atoms with Crippen LogP contribution in [0.3, 0.4) is 0 Å². The van der Waals surface area contributed by atoms with E-state index < -0.39 is 37.1 Å². The monoisotopic (exact) mass is 397 g/mol. The fourth-order valence-corrected chi connectivity index (χ4v) is 3.20. The van der Waals surface area contributed by atoms with Crippen LogP contribution in [0.1, 0.15) is 33.2 Å². The number of ether oxygens (including phenoxy) is 1. The zero-order chi connectivity index (χ0) is 21.0. The van der Waals surface area contributed by atoms with E-state index in [1.807, 2.05) is 0 Å². The number of hydrogen-bond donors (Lipinski definition) is 5. The second-order valence-corrected chi connectivity index (χ2v) is 6.78. The summed E-state index contributed by atoms with van der Waals surface area (Å²) in [7, 11) is 1.56. The Morgan fingerprint density at radius 3 is 2.31 bits per heavy atom. The number of aliphatic hydroxyl groups excluding tert-OH is 4. The Labute approximate surface area is 168 Å². The van der Waals surface area contributed by atoms with Crippen LogP contribution in [-0.4, -0.2) is 64.4 Å². The molecular weight excluding hydrogens is 374 g/mol. The minimum absolute atomic E-state index is 0.196. The molecule has 1 amide bonds. The van der Waals surface area contributed by atoms with Crippen LogP contribution in [0.2, 0.25) is 0 Å². The molecule has 7 heteroatoms. The van der Waals surface area contributed by atoms with Crippen molar-refractivity contribution < 1.29 is 30.0 Å². The fourth-order valence-electron chi connectivity index (χ4n) is 3.20. The summed E-state index contributed by atoms with van der Waals surface area (Å²) < 4.78 is 5.59. The molecule has 0 aromatic heterocycles. The minimum Gasteiger partial charge on any atom is -0.394 e. The van der Waals surface area contributed by atoms with E-state index in [2.05, 4.69) is 17.2 Å². The van der Waals surface area contributed by atoms with Gasteiger partial charge in [0.1, 0.15) is 30.5 Å². The number of aliphatic hydroxyl groups is 4. The van der Waals surface area contributed by atoms with Crippen LogP contribution in [0.15, 0.2) is 48.5 Å². The first-order valence-electron chi connectivity index (χ1n) is 9.19. The first-order valence-corrected chi connectivity index (χ1v) is 9.19. The third-order valence-corrected chi connectivity index (χ3v) is 4.81. The Kier molecular flexibility index (Phi) is 6.64. The van der Waals surface area contributed by atoms with Crippen LogP contribution in [0.4, 0.5) is 0 Å². The lowest BCUT2D eigenvalue weighted by Gasteiger charge is -2.40. The van der Waals surface area contributed by atoms with Gasteiger partial charge < -0.3 is 30.5 Å². The quantitative estimate of drug-likeness (QED) is 0.464. The van der Waals surface area contributed by atoms with Crippen LogP contribution < -0.4 is 5.32 Å². The molecule has 1 fully saturated rings. The van der Waals surface area contributed by atoms with Gasteiger partial charge in [-0.05, 0) is 35.9 Å². The minimum atomic E-state index is -1.44. The summed E-state index contributed by atoms with van der Waals surface area (Å²) in [4.78, 5) is 11.7. The van der Waals surface area contributed by atoms with E-state index in [0.29, 0.717) is 22.3 Å². The topological polar surface area (TPSA) is 119 Å². The highest BCUT2D eigenvalue weighted by molar-refractivity contribution is 5.94. The van der Waals surface area contributed by atoms with Gasteiger partial charge in [-0.1, -0.05) is 30.0 Å². The van der Waals surface area contributed by atoms with Gasteiger partial charge in [0.25, 0.3) is 5.91 Å². The maximum absolute atomic E-state index is 11.7. The first kappa shape index (κ1) is 21.0. The molecule has 0 aliphatic carbocycles. The molecule has 2 aromatic carbocycles. The third-order valence-electron chi connectivity index (χ3n) is 4.81. The van der Waals surface area contributed by atoms with Crippen molar-refractivity contribution in [3.8, 4) is 11.8 Å². The number of carbonyl (C=O) groups is 1. The lowest BCUT2D eigenvalue weighted by molar-refractivity contribution is -0.231. The maximum Gasteiger partial charge on any atom is 0.251 e. The molecule has 1 aliphatic heterocycles. The van der Waals surface area contributed by atoms with Crippen LogP contribution in [0.25, 0.3) is 0 Å². The van der Waals surface area contributed by atoms with Gasteiger partial charge in [0.15, 0.2) is 0 Å². The average Bonchev–Trinajstić information content (AvgIpc) is 2.76. The Morgan fingerprint density at radius 1 is 1.00 bits per heavy atom. The van der Waals surface area contributed by atoms with Crippen molar-refractivity contribution in [3.63, 3.8) is 0 Å². The molecule has 0 spiro atoms. The maximum atomic E-state index is 11.7. The lowest BCUT2D eigenvalue weighted by Crippen LogP contribution is -2.55. The van der Waals surface area contributed by atoms with Gasteiger partial charge in [-0.3, -0.25) is 4.79 Å². The SMILES string of the molecule is CNC(=O)c1cccc(C#Cc2cccc([C@H]3O[C@H](CO)[C@@H](O)[C@H](O)[C@H]3O)c2)c1. The molecule has 0 saturated carbocycles. The molecule has 3 rings (SSSR count). The summed E-state index contributed by atoms with van der Waals surface area (Å²) in [6, 6.07) is 13.9. The van der Waals surface area contributed by atoms with Gasteiger partial charge in [0.05, 0.1) is 6.61 Å². The van der Waals surface area contributed by atoms with Crippen molar-refractivity contribution in [2.24, 2.45) is 0 Å². The van der Waals surface area contributed by atoms with E-state index in [0.717, 1.165) is 0 Å². The number of carbonyl (C=O) groups excluding carboxylic acids is 1. The molecule has 0 radical (unpaired) electrons. The second-order valence-electron chi connectivity index (χ2n) is 6.78. The van der Waals surface area contributed by atoms with Crippen LogP contribution in [-0.2, 0) is 4.74 Å². The average molecular weight is 397 g/mol.